The summed E-state index contributed by atoms with van der Waals surface area (Å²) in [4.78, 5) is 14.8. The minimum atomic E-state index is -0.215. The van der Waals surface area contributed by atoms with E-state index in [9.17, 15) is 4.79 Å². The third kappa shape index (κ3) is 4.38. The third-order valence-corrected chi connectivity index (χ3v) is 4.59. The molecule has 0 aliphatic heterocycles. The van der Waals surface area contributed by atoms with Gasteiger partial charge in [0.1, 0.15) is 0 Å². The van der Waals surface area contributed by atoms with Gasteiger partial charge < -0.3 is 10.2 Å². The van der Waals surface area contributed by atoms with E-state index in [0.717, 1.165) is 9.35 Å². The summed E-state index contributed by atoms with van der Waals surface area (Å²) in [6.07, 6.45) is 0. The Morgan fingerprint density at radius 3 is 2.50 bits per heavy atom. The SMILES string of the molecule is CN(Cc1cc(Br)cs1)C(=O)Nc1cc(Cl)cc(Cl)c1. The maximum Gasteiger partial charge on any atom is 0.321 e. The van der Waals surface area contributed by atoms with E-state index in [0.29, 0.717) is 22.3 Å². The van der Waals surface area contributed by atoms with Gasteiger partial charge in [0.25, 0.3) is 0 Å². The van der Waals surface area contributed by atoms with E-state index in [2.05, 4.69) is 21.2 Å². The highest BCUT2D eigenvalue weighted by Crippen LogP contribution is 2.23. The Kier molecular flexibility index (Phi) is 5.32. The Bertz CT molecular complexity index is 612. The maximum atomic E-state index is 12.1. The van der Waals surface area contributed by atoms with Gasteiger partial charge in [-0.25, -0.2) is 4.79 Å². The lowest BCUT2D eigenvalue weighted by molar-refractivity contribution is 0.221. The van der Waals surface area contributed by atoms with Crippen LogP contribution in [0.4, 0.5) is 10.5 Å². The Balaban J connectivity index is 2.00. The largest absolute Gasteiger partial charge is 0.322 e. The number of halogens is 3. The van der Waals surface area contributed by atoms with Crippen molar-refractivity contribution in [1.29, 1.82) is 0 Å². The number of urea groups is 1. The summed E-state index contributed by atoms with van der Waals surface area (Å²) >= 11 is 16.8. The van der Waals surface area contributed by atoms with Crippen molar-refractivity contribution in [3.8, 4) is 0 Å². The van der Waals surface area contributed by atoms with Gasteiger partial charge >= 0.3 is 6.03 Å². The average molecular weight is 394 g/mol. The fourth-order valence-corrected chi connectivity index (χ4v) is 3.62. The van der Waals surface area contributed by atoms with Gasteiger partial charge in [-0.1, -0.05) is 23.2 Å². The van der Waals surface area contributed by atoms with Crippen LogP contribution < -0.4 is 5.32 Å². The van der Waals surface area contributed by atoms with Crippen LogP contribution >= 0.6 is 50.5 Å². The summed E-state index contributed by atoms with van der Waals surface area (Å²) in [5, 5.41) is 5.71. The van der Waals surface area contributed by atoms with Gasteiger partial charge in [-0.05, 0) is 40.2 Å². The predicted molar refractivity (Wildman–Crippen MR) is 89.0 cm³/mol. The van der Waals surface area contributed by atoms with Gasteiger partial charge in [-0.15, -0.1) is 11.3 Å². The lowest BCUT2D eigenvalue weighted by Crippen LogP contribution is -2.30. The monoisotopic (exact) mass is 392 g/mol. The van der Waals surface area contributed by atoms with Gasteiger partial charge in [-0.3, -0.25) is 0 Å². The molecule has 2 rings (SSSR count). The van der Waals surface area contributed by atoms with Crippen LogP contribution in [0.5, 0.6) is 0 Å². The fourth-order valence-electron chi connectivity index (χ4n) is 1.59. The Morgan fingerprint density at radius 2 is 1.95 bits per heavy atom. The van der Waals surface area contributed by atoms with Crippen LogP contribution in [0.2, 0.25) is 10.0 Å². The van der Waals surface area contributed by atoms with E-state index >= 15 is 0 Å². The number of nitrogens with zero attached hydrogens (tertiary/aromatic N) is 1. The van der Waals surface area contributed by atoms with E-state index in [1.165, 1.54) is 0 Å². The second-order valence-electron chi connectivity index (χ2n) is 4.18. The summed E-state index contributed by atoms with van der Waals surface area (Å²) in [5.74, 6) is 0. The summed E-state index contributed by atoms with van der Waals surface area (Å²) in [6, 6.07) is 6.70. The van der Waals surface area contributed by atoms with Crippen molar-refractivity contribution in [1.82, 2.24) is 4.90 Å². The van der Waals surface area contributed by atoms with Gasteiger partial charge in [0.15, 0.2) is 0 Å². The van der Waals surface area contributed by atoms with Crippen molar-refractivity contribution in [3.05, 3.63) is 49.0 Å². The van der Waals surface area contributed by atoms with Crippen LogP contribution in [0.3, 0.4) is 0 Å². The van der Waals surface area contributed by atoms with E-state index in [-0.39, 0.29) is 6.03 Å². The number of rotatable bonds is 3. The first-order chi connectivity index (χ1) is 9.44. The van der Waals surface area contributed by atoms with Crippen molar-refractivity contribution < 1.29 is 4.79 Å². The molecule has 20 heavy (non-hydrogen) atoms. The number of hydrogen-bond donors (Lipinski definition) is 1. The van der Waals surface area contributed by atoms with Crippen LogP contribution in [-0.4, -0.2) is 18.0 Å². The smallest absolute Gasteiger partial charge is 0.321 e. The molecule has 2 amide bonds. The van der Waals surface area contributed by atoms with E-state index in [4.69, 9.17) is 23.2 Å². The average Bonchev–Trinajstić information content (AvgIpc) is 2.73. The molecule has 0 atom stereocenters. The lowest BCUT2D eigenvalue weighted by Gasteiger charge is -2.17. The molecule has 0 radical (unpaired) electrons. The summed E-state index contributed by atoms with van der Waals surface area (Å²) < 4.78 is 1.02. The molecule has 1 aromatic carbocycles. The number of benzene rings is 1. The Hall–Kier alpha value is -0.750. The molecule has 1 aromatic heterocycles. The standard InChI is InChI=1S/C13H11BrCl2N2OS/c1-18(6-12-2-8(14)7-20-12)13(19)17-11-4-9(15)3-10(16)5-11/h2-5,7H,6H2,1H3,(H,17,19). The molecule has 106 valence electrons. The third-order valence-electron chi connectivity index (χ3n) is 2.48. The minimum Gasteiger partial charge on any atom is -0.322 e. The molecule has 0 unspecified atom stereocenters. The highest BCUT2D eigenvalue weighted by atomic mass is 79.9. The van der Waals surface area contributed by atoms with Gasteiger partial charge in [0.05, 0.1) is 6.54 Å². The van der Waals surface area contributed by atoms with E-state index in [1.54, 1.807) is 41.5 Å². The zero-order valence-corrected chi connectivity index (χ0v) is 14.4. The molecule has 0 spiro atoms. The van der Waals surface area contributed by atoms with E-state index in [1.807, 2.05) is 11.4 Å². The summed E-state index contributed by atoms with van der Waals surface area (Å²) in [5.41, 5.74) is 0.576. The number of anilines is 1. The number of nitrogens with one attached hydrogen (secondary N) is 1. The topological polar surface area (TPSA) is 32.3 Å². The normalized spacial score (nSPS) is 10.4. The van der Waals surface area contributed by atoms with Gasteiger partial charge in [-0.2, -0.15) is 0 Å². The first kappa shape index (κ1) is 15.6. The number of carbonyl (C=O) groups is 1. The minimum absolute atomic E-state index is 0.215. The summed E-state index contributed by atoms with van der Waals surface area (Å²) in [7, 11) is 1.73. The number of thiophene rings is 1. The van der Waals surface area contributed by atoms with Crippen LogP contribution in [0, 0.1) is 0 Å². The van der Waals surface area contributed by atoms with Crippen molar-refractivity contribution in [2.45, 2.75) is 6.54 Å². The van der Waals surface area contributed by atoms with Crippen LogP contribution in [-0.2, 0) is 6.54 Å². The lowest BCUT2D eigenvalue weighted by atomic mass is 10.3. The Morgan fingerprint density at radius 1 is 1.30 bits per heavy atom. The fraction of sp³-hybridized carbons (Fsp3) is 0.154. The summed E-state index contributed by atoms with van der Waals surface area (Å²) in [6.45, 7) is 0.538. The van der Waals surface area contributed by atoms with Crippen molar-refractivity contribution >= 4 is 62.2 Å². The second kappa shape index (κ2) is 6.80. The predicted octanol–water partition coefficient (Wildman–Crippen LogP) is 5.48. The molecule has 0 saturated heterocycles. The van der Waals surface area contributed by atoms with Crippen LogP contribution in [0.15, 0.2) is 34.1 Å². The molecule has 0 aliphatic carbocycles. The van der Waals surface area contributed by atoms with Crippen molar-refractivity contribution in [3.63, 3.8) is 0 Å². The molecule has 0 bridgehead atoms. The number of hydrogen-bond acceptors (Lipinski definition) is 2. The van der Waals surface area contributed by atoms with Gasteiger partial charge in [0, 0.05) is 37.5 Å². The zero-order valence-electron chi connectivity index (χ0n) is 10.5. The second-order valence-corrected chi connectivity index (χ2v) is 6.96. The molecule has 0 aliphatic rings. The van der Waals surface area contributed by atoms with Crippen molar-refractivity contribution in [2.75, 3.05) is 12.4 Å². The highest BCUT2D eigenvalue weighted by molar-refractivity contribution is 9.10. The molecular formula is C13H11BrCl2N2OS. The van der Waals surface area contributed by atoms with Crippen molar-refractivity contribution in [2.24, 2.45) is 0 Å². The van der Waals surface area contributed by atoms with Crippen LogP contribution in [0.25, 0.3) is 0 Å². The first-order valence-corrected chi connectivity index (χ1v) is 8.08. The zero-order chi connectivity index (χ0) is 14.7. The molecule has 2 aromatic rings. The molecule has 1 N–H and O–H groups in total. The molecule has 1 heterocycles. The molecule has 0 saturated carbocycles. The van der Waals surface area contributed by atoms with Gasteiger partial charge in [0.2, 0.25) is 0 Å². The van der Waals surface area contributed by atoms with Crippen LogP contribution in [0.1, 0.15) is 4.88 Å². The molecule has 0 fully saturated rings. The molecule has 3 nitrogen and oxygen atoms in total. The molecular weight excluding hydrogens is 383 g/mol. The maximum absolute atomic E-state index is 12.1. The quantitative estimate of drug-likeness (QED) is 0.735. The first-order valence-electron chi connectivity index (χ1n) is 5.65. The number of amides is 2. The van der Waals surface area contributed by atoms with E-state index < -0.39 is 0 Å². The highest BCUT2D eigenvalue weighted by Gasteiger charge is 2.11. The molecule has 7 heteroatoms. The number of carbonyl (C=O) groups excluding carboxylic acids is 1. The Labute approximate surface area is 139 Å².